The fourth-order valence-electron chi connectivity index (χ4n) is 2.50. The lowest BCUT2D eigenvalue weighted by atomic mass is 10.1. The van der Waals surface area contributed by atoms with Crippen LogP contribution in [0.25, 0.3) is 11.4 Å². The van der Waals surface area contributed by atoms with Gasteiger partial charge in [0.2, 0.25) is 5.91 Å². The summed E-state index contributed by atoms with van der Waals surface area (Å²) in [4.78, 5) is 12.3. The van der Waals surface area contributed by atoms with E-state index in [1.807, 2.05) is 47.9 Å². The number of thioether (sulfide) groups is 1. The van der Waals surface area contributed by atoms with E-state index >= 15 is 0 Å². The average Bonchev–Trinajstić information content (AvgIpc) is 3.31. The molecule has 0 radical (unpaired) electrons. The summed E-state index contributed by atoms with van der Waals surface area (Å²) in [6, 6.07) is 11.3. The van der Waals surface area contributed by atoms with Crippen molar-refractivity contribution in [2.75, 3.05) is 5.75 Å². The predicted octanol–water partition coefficient (Wildman–Crippen LogP) is 4.49. The van der Waals surface area contributed by atoms with Crippen LogP contribution >= 0.6 is 23.4 Å². The third kappa shape index (κ3) is 5.17. The summed E-state index contributed by atoms with van der Waals surface area (Å²) >= 11 is 7.36. The van der Waals surface area contributed by atoms with Crippen LogP contribution in [-0.4, -0.2) is 32.5 Å². The van der Waals surface area contributed by atoms with E-state index in [1.165, 1.54) is 11.8 Å². The van der Waals surface area contributed by atoms with Crippen molar-refractivity contribution in [1.82, 2.24) is 20.1 Å². The number of halogens is 1. The number of hydrogen-bond acceptors (Lipinski definition) is 5. The Morgan fingerprint density at radius 2 is 1.96 bits per heavy atom. The lowest BCUT2D eigenvalue weighted by molar-refractivity contribution is -0.119. The number of nitrogens with zero attached hydrogens (tertiary/aromatic N) is 3. The van der Waals surface area contributed by atoms with Crippen molar-refractivity contribution in [3.8, 4) is 11.4 Å². The molecule has 6 nitrogen and oxygen atoms in total. The molecule has 0 spiro atoms. The fourth-order valence-corrected chi connectivity index (χ4v) is 3.38. The smallest absolute Gasteiger partial charge is 0.230 e. The van der Waals surface area contributed by atoms with Crippen molar-refractivity contribution < 1.29 is 9.21 Å². The van der Waals surface area contributed by atoms with Crippen LogP contribution in [0.15, 0.2) is 52.2 Å². The molecule has 0 aliphatic rings. The maximum Gasteiger partial charge on any atom is 0.230 e. The molecule has 0 aliphatic carbocycles. The minimum atomic E-state index is -0.0215. The summed E-state index contributed by atoms with van der Waals surface area (Å²) in [6.07, 6.45) is 1.63. The summed E-state index contributed by atoms with van der Waals surface area (Å²) in [5, 5.41) is 13.0. The van der Waals surface area contributed by atoms with E-state index in [4.69, 9.17) is 16.0 Å². The van der Waals surface area contributed by atoms with Crippen LogP contribution in [0.3, 0.4) is 0 Å². The normalized spacial score (nSPS) is 12.3. The molecule has 0 unspecified atom stereocenters. The summed E-state index contributed by atoms with van der Waals surface area (Å²) in [5.74, 6) is 2.12. The zero-order valence-corrected chi connectivity index (χ0v) is 17.6. The van der Waals surface area contributed by atoms with Crippen molar-refractivity contribution in [1.29, 1.82) is 0 Å². The number of carbonyl (C=O) groups is 1. The van der Waals surface area contributed by atoms with E-state index < -0.39 is 0 Å². The molecule has 1 aromatic carbocycles. The summed E-state index contributed by atoms with van der Waals surface area (Å²) < 4.78 is 7.44. The zero-order valence-electron chi connectivity index (χ0n) is 16.1. The van der Waals surface area contributed by atoms with Crippen LogP contribution in [0.4, 0.5) is 0 Å². The van der Waals surface area contributed by atoms with Crippen LogP contribution in [0.2, 0.25) is 5.02 Å². The molecule has 3 aromatic rings. The molecule has 2 heterocycles. The first-order chi connectivity index (χ1) is 13.4. The molecule has 3 rings (SSSR count). The van der Waals surface area contributed by atoms with Crippen LogP contribution in [0.5, 0.6) is 0 Å². The van der Waals surface area contributed by atoms with Crippen LogP contribution in [0, 0.1) is 5.92 Å². The maximum atomic E-state index is 12.3. The summed E-state index contributed by atoms with van der Waals surface area (Å²) in [6.45, 7) is 6.64. The van der Waals surface area contributed by atoms with Gasteiger partial charge in [0.25, 0.3) is 0 Å². The van der Waals surface area contributed by atoms with Gasteiger partial charge in [0, 0.05) is 16.6 Å². The second-order valence-electron chi connectivity index (χ2n) is 6.87. The molecule has 0 bridgehead atoms. The lowest BCUT2D eigenvalue weighted by Crippen LogP contribution is -2.37. The van der Waals surface area contributed by atoms with E-state index in [-0.39, 0.29) is 17.7 Å². The molecular formula is C20H23ClN4O2S. The Morgan fingerprint density at radius 1 is 1.21 bits per heavy atom. The van der Waals surface area contributed by atoms with Crippen LogP contribution in [0.1, 0.15) is 26.5 Å². The van der Waals surface area contributed by atoms with Gasteiger partial charge in [-0.15, -0.1) is 10.2 Å². The Morgan fingerprint density at radius 3 is 2.61 bits per heavy atom. The molecule has 0 fully saturated rings. The van der Waals surface area contributed by atoms with E-state index in [0.29, 0.717) is 28.5 Å². The van der Waals surface area contributed by atoms with E-state index in [1.54, 1.807) is 6.26 Å². The molecule has 0 aliphatic heterocycles. The van der Waals surface area contributed by atoms with E-state index in [9.17, 15) is 4.79 Å². The van der Waals surface area contributed by atoms with Crippen molar-refractivity contribution in [3.05, 3.63) is 53.4 Å². The minimum Gasteiger partial charge on any atom is -0.467 e. The Balaban J connectivity index is 1.80. The second-order valence-corrected chi connectivity index (χ2v) is 8.25. The van der Waals surface area contributed by atoms with Gasteiger partial charge >= 0.3 is 0 Å². The molecule has 1 atom stereocenters. The highest BCUT2D eigenvalue weighted by Crippen LogP contribution is 2.26. The van der Waals surface area contributed by atoms with Crippen molar-refractivity contribution in [2.24, 2.45) is 5.92 Å². The average molecular weight is 419 g/mol. The standard InChI is InChI=1S/C20H23ClN4O2S/c1-13(2)14(3)22-18(26)12-28-20-24-23-19(15-6-8-16(21)9-7-15)25(20)11-17-5-4-10-27-17/h4-10,13-14H,11-12H2,1-3H3,(H,22,26)/t14-/m0/s1. The van der Waals surface area contributed by atoms with Gasteiger partial charge in [-0.1, -0.05) is 37.2 Å². The quantitative estimate of drug-likeness (QED) is 0.545. The van der Waals surface area contributed by atoms with Gasteiger partial charge in [-0.2, -0.15) is 0 Å². The van der Waals surface area contributed by atoms with Gasteiger partial charge in [0.1, 0.15) is 5.76 Å². The van der Waals surface area contributed by atoms with E-state index in [2.05, 4.69) is 29.4 Å². The fraction of sp³-hybridized carbons (Fsp3) is 0.350. The van der Waals surface area contributed by atoms with Crippen molar-refractivity contribution in [3.63, 3.8) is 0 Å². The van der Waals surface area contributed by atoms with E-state index in [0.717, 1.165) is 11.3 Å². The summed E-state index contributed by atoms with van der Waals surface area (Å²) in [7, 11) is 0. The third-order valence-electron chi connectivity index (χ3n) is 4.43. The molecular weight excluding hydrogens is 396 g/mol. The Bertz CT molecular complexity index is 907. The largest absolute Gasteiger partial charge is 0.467 e. The number of benzene rings is 1. The van der Waals surface area contributed by atoms with Gasteiger partial charge in [-0.25, -0.2) is 0 Å². The Hall–Kier alpha value is -2.25. The number of aromatic nitrogens is 3. The molecule has 1 amide bonds. The van der Waals surface area contributed by atoms with Crippen molar-refractivity contribution >= 4 is 29.3 Å². The van der Waals surface area contributed by atoms with Crippen molar-refractivity contribution in [2.45, 2.75) is 38.5 Å². The first-order valence-corrected chi connectivity index (χ1v) is 10.4. The number of amides is 1. The minimum absolute atomic E-state index is 0.0215. The number of carbonyl (C=O) groups excluding carboxylic acids is 1. The molecule has 148 valence electrons. The first kappa shape index (κ1) is 20.5. The molecule has 1 N–H and O–H groups in total. The van der Waals surface area contributed by atoms with Gasteiger partial charge < -0.3 is 9.73 Å². The topological polar surface area (TPSA) is 73.0 Å². The SMILES string of the molecule is CC(C)[C@H](C)NC(=O)CSc1nnc(-c2ccc(Cl)cc2)n1Cc1ccco1. The maximum absolute atomic E-state index is 12.3. The monoisotopic (exact) mass is 418 g/mol. The second kappa shape index (κ2) is 9.30. The number of furan rings is 1. The van der Waals surface area contributed by atoms with Crippen LogP contribution < -0.4 is 5.32 Å². The predicted molar refractivity (Wildman–Crippen MR) is 111 cm³/mol. The van der Waals surface area contributed by atoms with Gasteiger partial charge in [-0.3, -0.25) is 9.36 Å². The number of nitrogens with one attached hydrogen (secondary N) is 1. The number of rotatable bonds is 8. The number of hydrogen-bond donors (Lipinski definition) is 1. The molecule has 0 saturated heterocycles. The van der Waals surface area contributed by atoms with Gasteiger partial charge in [0.05, 0.1) is 18.6 Å². The molecule has 8 heteroatoms. The molecule has 0 saturated carbocycles. The van der Waals surface area contributed by atoms with Gasteiger partial charge in [0.15, 0.2) is 11.0 Å². The Kier molecular flexibility index (Phi) is 6.80. The highest BCUT2D eigenvalue weighted by atomic mass is 35.5. The Labute approximate surface area is 173 Å². The zero-order chi connectivity index (χ0) is 20.1. The lowest BCUT2D eigenvalue weighted by Gasteiger charge is -2.17. The third-order valence-corrected chi connectivity index (χ3v) is 5.65. The highest BCUT2D eigenvalue weighted by Gasteiger charge is 2.18. The van der Waals surface area contributed by atoms with Crippen LogP contribution in [-0.2, 0) is 11.3 Å². The van der Waals surface area contributed by atoms with Gasteiger partial charge in [-0.05, 0) is 49.2 Å². The highest BCUT2D eigenvalue weighted by molar-refractivity contribution is 7.99. The molecule has 28 heavy (non-hydrogen) atoms. The first-order valence-electron chi connectivity index (χ1n) is 9.07. The summed E-state index contributed by atoms with van der Waals surface area (Å²) in [5.41, 5.74) is 0.896. The molecule has 2 aromatic heterocycles.